The largest absolute Gasteiger partial charge is 0.478 e. The van der Waals surface area contributed by atoms with Crippen molar-refractivity contribution in [3.05, 3.63) is 58.7 Å². The van der Waals surface area contributed by atoms with Gasteiger partial charge in [0.05, 0.1) is 11.1 Å². The molecular formula is C18H22N2O4. The maximum Gasteiger partial charge on any atom is 0.336 e. The molecule has 0 aliphatic carbocycles. The minimum absolute atomic E-state index is 0.0800. The number of nitrogens with zero attached hydrogens (tertiary/aromatic N) is 1. The summed E-state index contributed by atoms with van der Waals surface area (Å²) in [5.41, 5.74) is 2.09. The van der Waals surface area contributed by atoms with Crippen LogP contribution in [-0.4, -0.2) is 32.1 Å². The van der Waals surface area contributed by atoms with Crippen molar-refractivity contribution in [3.63, 3.8) is 0 Å². The Morgan fingerprint density at radius 2 is 1.92 bits per heavy atom. The fourth-order valence-corrected chi connectivity index (χ4v) is 2.51. The number of nitrogens with one attached hydrogen (secondary N) is 1. The third-order valence-electron chi connectivity index (χ3n) is 3.68. The van der Waals surface area contributed by atoms with Crippen molar-refractivity contribution in [1.29, 1.82) is 0 Å². The van der Waals surface area contributed by atoms with Gasteiger partial charge >= 0.3 is 11.9 Å². The number of aromatic nitrogens is 2. The first-order chi connectivity index (χ1) is 11.4. The summed E-state index contributed by atoms with van der Waals surface area (Å²) < 4.78 is 0. The summed E-state index contributed by atoms with van der Waals surface area (Å²) in [6.45, 7) is 8.82. The van der Waals surface area contributed by atoms with Gasteiger partial charge in [-0.25, -0.2) is 14.6 Å². The molecular weight excluding hydrogens is 308 g/mol. The third-order valence-corrected chi connectivity index (χ3v) is 3.68. The van der Waals surface area contributed by atoms with E-state index in [1.165, 1.54) is 0 Å². The Hall–Kier alpha value is -2.89. The molecule has 128 valence electrons. The second-order valence-electron chi connectivity index (χ2n) is 5.06. The highest BCUT2D eigenvalue weighted by molar-refractivity contribution is 5.98. The van der Waals surface area contributed by atoms with Gasteiger partial charge in [0, 0.05) is 12.4 Å². The summed E-state index contributed by atoms with van der Waals surface area (Å²) >= 11 is 0. The van der Waals surface area contributed by atoms with Crippen molar-refractivity contribution >= 4 is 18.0 Å². The van der Waals surface area contributed by atoms with Crippen LogP contribution in [0.1, 0.15) is 57.1 Å². The molecule has 6 nitrogen and oxygen atoms in total. The van der Waals surface area contributed by atoms with E-state index < -0.39 is 11.9 Å². The minimum atomic E-state index is -1.08. The molecule has 0 spiro atoms. The number of H-pyrrole nitrogens is 1. The molecule has 1 aromatic heterocycles. The highest BCUT2D eigenvalue weighted by atomic mass is 16.4. The number of carbonyl (C=O) groups is 2. The predicted octanol–water partition coefficient (Wildman–Crippen LogP) is 3.57. The van der Waals surface area contributed by atoms with Gasteiger partial charge in [-0.05, 0) is 48.6 Å². The summed E-state index contributed by atoms with van der Waals surface area (Å²) in [7, 11) is 0. The van der Waals surface area contributed by atoms with Crippen molar-refractivity contribution in [3.8, 4) is 0 Å². The van der Waals surface area contributed by atoms with E-state index in [9.17, 15) is 14.7 Å². The number of benzene rings is 1. The molecule has 0 amide bonds. The summed E-state index contributed by atoms with van der Waals surface area (Å²) in [6, 6.07) is 1.59. The van der Waals surface area contributed by atoms with Crippen LogP contribution in [0.2, 0.25) is 0 Å². The van der Waals surface area contributed by atoms with Gasteiger partial charge in [0.2, 0.25) is 0 Å². The van der Waals surface area contributed by atoms with Gasteiger partial charge in [0.1, 0.15) is 5.82 Å². The zero-order valence-corrected chi connectivity index (χ0v) is 14.1. The fourth-order valence-electron chi connectivity index (χ4n) is 2.51. The highest BCUT2D eigenvalue weighted by Crippen LogP contribution is 2.24. The number of carboxylic acids is 2. The monoisotopic (exact) mass is 330 g/mol. The van der Waals surface area contributed by atoms with Crippen LogP contribution in [-0.2, 0) is 12.8 Å². The lowest BCUT2D eigenvalue weighted by Crippen LogP contribution is -2.13. The van der Waals surface area contributed by atoms with E-state index in [2.05, 4.69) is 16.5 Å². The van der Waals surface area contributed by atoms with Crippen LogP contribution in [0.4, 0.5) is 0 Å². The number of carboxylic acid groups (broad SMARTS) is 2. The molecule has 0 fully saturated rings. The molecule has 0 bridgehead atoms. The molecule has 3 N–H and O–H groups in total. The zero-order chi connectivity index (χ0) is 18.3. The van der Waals surface area contributed by atoms with Gasteiger partial charge in [-0.15, -0.1) is 0 Å². The van der Waals surface area contributed by atoms with Crippen LogP contribution < -0.4 is 0 Å². The quantitative estimate of drug-likeness (QED) is 0.777. The number of rotatable bonds is 5. The molecule has 0 aliphatic rings. The number of aryl methyl sites for hydroxylation is 1. The van der Waals surface area contributed by atoms with Gasteiger partial charge in [-0.3, -0.25) is 0 Å². The molecule has 24 heavy (non-hydrogen) atoms. The first-order valence-corrected chi connectivity index (χ1v) is 7.60. The Balaban J connectivity index is 0.000000341. The van der Waals surface area contributed by atoms with E-state index >= 15 is 0 Å². The Labute approximate surface area is 140 Å². The third kappa shape index (κ3) is 4.32. The minimum Gasteiger partial charge on any atom is -0.478 e. The molecule has 0 unspecified atom stereocenters. The first kappa shape index (κ1) is 19.2. The van der Waals surface area contributed by atoms with Gasteiger partial charge in [-0.1, -0.05) is 20.4 Å². The Morgan fingerprint density at radius 3 is 2.25 bits per heavy atom. The number of hydrogen-bond donors (Lipinski definition) is 3. The van der Waals surface area contributed by atoms with Crippen molar-refractivity contribution in [2.24, 2.45) is 0 Å². The van der Waals surface area contributed by atoms with Crippen molar-refractivity contribution in [2.75, 3.05) is 0 Å². The lowest BCUT2D eigenvalue weighted by Gasteiger charge is -2.15. The normalized spacial score (nSPS) is 9.79. The van der Waals surface area contributed by atoms with Crippen LogP contribution in [0.5, 0.6) is 0 Å². The second kappa shape index (κ2) is 8.67. The molecule has 2 aromatic rings. The van der Waals surface area contributed by atoms with E-state index in [1.807, 2.05) is 13.8 Å². The highest BCUT2D eigenvalue weighted by Gasteiger charge is 2.21. The summed E-state index contributed by atoms with van der Waals surface area (Å²) in [5, 5.41) is 18.3. The molecule has 6 heteroatoms. The summed E-state index contributed by atoms with van der Waals surface area (Å²) in [4.78, 5) is 29.0. The number of hydrogen-bond acceptors (Lipinski definition) is 3. The van der Waals surface area contributed by atoms with Gasteiger partial charge in [0.25, 0.3) is 0 Å². The lowest BCUT2D eigenvalue weighted by atomic mass is 9.90. The zero-order valence-electron chi connectivity index (χ0n) is 14.1. The van der Waals surface area contributed by atoms with Crippen molar-refractivity contribution in [1.82, 2.24) is 9.97 Å². The molecule has 0 aliphatic heterocycles. The number of imidazole rings is 1. The predicted molar refractivity (Wildman–Crippen MR) is 92.5 cm³/mol. The van der Waals surface area contributed by atoms with E-state index in [4.69, 9.17) is 5.11 Å². The molecule has 0 saturated heterocycles. The average molecular weight is 330 g/mol. The molecule has 2 rings (SSSR count). The van der Waals surface area contributed by atoms with Crippen LogP contribution in [0.25, 0.3) is 6.08 Å². The smallest absolute Gasteiger partial charge is 0.336 e. The molecule has 0 radical (unpaired) electrons. The summed E-state index contributed by atoms with van der Waals surface area (Å²) in [5.74, 6) is -1.32. The molecule has 0 atom stereocenters. The van der Waals surface area contributed by atoms with Crippen LogP contribution in [0.3, 0.4) is 0 Å². The topological polar surface area (TPSA) is 103 Å². The average Bonchev–Trinajstić information content (AvgIpc) is 3.07. The van der Waals surface area contributed by atoms with E-state index in [0.29, 0.717) is 18.4 Å². The van der Waals surface area contributed by atoms with Crippen molar-refractivity contribution < 1.29 is 19.8 Å². The molecule has 1 heterocycles. The number of aromatic amines is 1. The van der Waals surface area contributed by atoms with Gasteiger partial charge in [-0.2, -0.15) is 0 Å². The number of aromatic carboxylic acids is 2. The fraction of sp³-hybridized carbons (Fsp3) is 0.278. The Kier molecular flexibility index (Phi) is 6.92. The summed E-state index contributed by atoms with van der Waals surface area (Å²) in [6.07, 6.45) is 6.34. The van der Waals surface area contributed by atoms with Crippen LogP contribution >= 0.6 is 0 Å². The second-order valence-corrected chi connectivity index (χ2v) is 5.06. The Morgan fingerprint density at radius 1 is 1.25 bits per heavy atom. The van der Waals surface area contributed by atoms with Crippen molar-refractivity contribution in [2.45, 2.75) is 33.6 Å². The van der Waals surface area contributed by atoms with Gasteiger partial charge < -0.3 is 15.2 Å². The standard InChI is InChI=1S/C13H16O4.C5H6N2/c1-4-8-6-10(12(14)15)7(3)11(13(16)17)9(8)5-2;1-2-5-6-3-4-7-5/h6H,4-5H2,1-3H3,(H,14,15)(H,16,17);2-4H,1H2,(H,6,7). The van der Waals surface area contributed by atoms with E-state index in [0.717, 1.165) is 17.0 Å². The Bertz CT molecular complexity index is 734. The molecule has 0 saturated carbocycles. The SMILES string of the molecule is C=Cc1ncc[nH]1.CCc1cc(C(=O)O)c(C)c(C(=O)O)c1CC. The molecule has 1 aromatic carbocycles. The first-order valence-electron chi connectivity index (χ1n) is 7.60. The van der Waals surface area contributed by atoms with E-state index in [-0.39, 0.29) is 11.1 Å². The van der Waals surface area contributed by atoms with Gasteiger partial charge in [0.15, 0.2) is 0 Å². The lowest BCUT2D eigenvalue weighted by molar-refractivity contribution is 0.0695. The maximum atomic E-state index is 11.3. The van der Waals surface area contributed by atoms with E-state index in [1.54, 1.807) is 31.5 Å². The maximum absolute atomic E-state index is 11.3. The van der Waals surface area contributed by atoms with Crippen LogP contribution in [0.15, 0.2) is 25.0 Å². The van der Waals surface area contributed by atoms with Crippen LogP contribution in [0, 0.1) is 6.92 Å².